The van der Waals surface area contributed by atoms with Gasteiger partial charge >= 0.3 is 0 Å². The van der Waals surface area contributed by atoms with Gasteiger partial charge in [-0.2, -0.15) is 0 Å². The molecule has 1 N–H and O–H groups in total. The molecule has 1 aromatic heterocycles. The topological polar surface area (TPSA) is 25.2 Å². The Kier molecular flexibility index (Phi) is 2.93. The second-order valence-electron chi connectivity index (χ2n) is 4.51. The van der Waals surface area contributed by atoms with E-state index in [1.807, 2.05) is 13.1 Å². The first-order chi connectivity index (χ1) is 8.20. The van der Waals surface area contributed by atoms with Crippen LogP contribution in [0, 0.1) is 0 Å². The third-order valence-corrected chi connectivity index (χ3v) is 3.89. The van der Waals surface area contributed by atoms with Gasteiger partial charge in [-0.3, -0.25) is 0 Å². The fourth-order valence-corrected chi connectivity index (χ4v) is 3.15. The summed E-state index contributed by atoms with van der Waals surface area (Å²) >= 11 is 9.72. The van der Waals surface area contributed by atoms with E-state index < -0.39 is 0 Å². The lowest BCUT2D eigenvalue weighted by atomic mass is 10.1. The highest BCUT2D eigenvalue weighted by Gasteiger charge is 2.31. The monoisotopic (exact) mass is 313 g/mol. The molecule has 0 unspecified atom stereocenters. The van der Waals surface area contributed by atoms with Crippen molar-refractivity contribution in [2.45, 2.75) is 25.3 Å². The first-order valence-corrected chi connectivity index (χ1v) is 6.92. The number of rotatable bonds is 3. The Hall–Kier alpha value is -0.510. The van der Waals surface area contributed by atoms with Crippen molar-refractivity contribution < 1.29 is 4.42 Å². The van der Waals surface area contributed by atoms with E-state index in [9.17, 15) is 0 Å². The molecule has 0 radical (unpaired) electrons. The van der Waals surface area contributed by atoms with Crippen molar-refractivity contribution in [1.82, 2.24) is 5.32 Å². The summed E-state index contributed by atoms with van der Waals surface area (Å²) in [5, 5.41) is 5.00. The molecule has 1 fully saturated rings. The summed E-state index contributed by atoms with van der Waals surface area (Å²) in [6, 6.07) is 3.99. The molecule has 17 heavy (non-hydrogen) atoms. The Balaban J connectivity index is 2.26. The number of hydrogen-bond acceptors (Lipinski definition) is 2. The van der Waals surface area contributed by atoms with Gasteiger partial charge in [-0.15, -0.1) is 0 Å². The van der Waals surface area contributed by atoms with E-state index in [2.05, 4.69) is 27.3 Å². The average Bonchev–Trinajstić information content (AvgIpc) is 3.03. The third-order valence-electron chi connectivity index (χ3n) is 3.15. The zero-order valence-corrected chi connectivity index (χ0v) is 11.9. The van der Waals surface area contributed by atoms with Gasteiger partial charge in [0.1, 0.15) is 5.76 Å². The highest BCUT2D eigenvalue weighted by atomic mass is 79.9. The van der Waals surface area contributed by atoms with Crippen LogP contribution in [0.3, 0.4) is 0 Å². The maximum absolute atomic E-state index is 6.23. The van der Waals surface area contributed by atoms with Gasteiger partial charge in [0.2, 0.25) is 0 Å². The third kappa shape index (κ3) is 2.01. The van der Waals surface area contributed by atoms with Crippen molar-refractivity contribution >= 4 is 38.5 Å². The molecule has 0 spiro atoms. The van der Waals surface area contributed by atoms with Crippen LogP contribution in [-0.2, 0) is 6.54 Å². The van der Waals surface area contributed by atoms with Gasteiger partial charge < -0.3 is 9.73 Å². The summed E-state index contributed by atoms with van der Waals surface area (Å²) in [4.78, 5) is 0. The molecule has 1 heterocycles. The van der Waals surface area contributed by atoms with E-state index in [1.165, 1.54) is 18.4 Å². The minimum Gasteiger partial charge on any atom is -0.458 e. The summed E-state index contributed by atoms with van der Waals surface area (Å²) < 4.78 is 6.92. The van der Waals surface area contributed by atoms with E-state index in [0.717, 1.165) is 27.7 Å². The van der Waals surface area contributed by atoms with Crippen LogP contribution in [0.1, 0.15) is 30.1 Å². The van der Waals surface area contributed by atoms with Gasteiger partial charge in [0.05, 0.1) is 11.6 Å². The van der Waals surface area contributed by atoms with E-state index in [0.29, 0.717) is 10.9 Å². The maximum Gasteiger partial charge on any atom is 0.153 e. The molecule has 1 aliphatic rings. The molecule has 0 saturated heterocycles. The Morgan fingerprint density at radius 3 is 2.88 bits per heavy atom. The molecule has 1 aliphatic carbocycles. The van der Waals surface area contributed by atoms with Crippen molar-refractivity contribution in [3.8, 4) is 0 Å². The lowest BCUT2D eigenvalue weighted by Crippen LogP contribution is -2.05. The van der Waals surface area contributed by atoms with Gasteiger partial charge in [0.25, 0.3) is 0 Å². The molecule has 2 nitrogen and oxygen atoms in total. The summed E-state index contributed by atoms with van der Waals surface area (Å²) in [5.74, 6) is 1.69. The SMILES string of the molecule is CNCc1oc2c(Cl)cc(Br)cc2c1C1CC1. The number of furan rings is 1. The largest absolute Gasteiger partial charge is 0.458 e. The van der Waals surface area contributed by atoms with Crippen LogP contribution in [0.2, 0.25) is 5.02 Å². The fraction of sp³-hybridized carbons (Fsp3) is 0.385. The number of nitrogens with one attached hydrogen (secondary N) is 1. The van der Waals surface area contributed by atoms with Crippen LogP contribution in [0.25, 0.3) is 11.0 Å². The molecule has 0 aliphatic heterocycles. The molecular formula is C13H13BrClNO. The van der Waals surface area contributed by atoms with Crippen LogP contribution in [0.5, 0.6) is 0 Å². The summed E-state index contributed by atoms with van der Waals surface area (Å²) in [7, 11) is 1.93. The molecule has 0 atom stereocenters. The predicted molar refractivity (Wildman–Crippen MR) is 73.7 cm³/mol. The minimum absolute atomic E-state index is 0.657. The van der Waals surface area contributed by atoms with Gasteiger partial charge in [-0.05, 0) is 37.9 Å². The molecule has 3 rings (SSSR count). The van der Waals surface area contributed by atoms with Crippen molar-refractivity contribution in [1.29, 1.82) is 0 Å². The quantitative estimate of drug-likeness (QED) is 0.905. The van der Waals surface area contributed by atoms with Gasteiger partial charge in [-0.1, -0.05) is 27.5 Å². The Bertz CT molecular complexity index is 574. The number of benzene rings is 1. The molecule has 1 aromatic carbocycles. The standard InChI is InChI=1S/C13H13BrClNO/c1-16-6-11-12(7-2-3-7)9-4-8(14)5-10(15)13(9)17-11/h4-5,7,16H,2-3,6H2,1H3. The second kappa shape index (κ2) is 4.30. The van der Waals surface area contributed by atoms with Crippen molar-refractivity contribution in [3.05, 3.63) is 33.0 Å². The zero-order chi connectivity index (χ0) is 12.0. The Morgan fingerprint density at radius 1 is 1.47 bits per heavy atom. The van der Waals surface area contributed by atoms with E-state index in [4.69, 9.17) is 16.0 Å². The summed E-state index contributed by atoms with van der Waals surface area (Å²) in [5.41, 5.74) is 2.17. The van der Waals surface area contributed by atoms with Gasteiger partial charge in [-0.25, -0.2) is 0 Å². The second-order valence-corrected chi connectivity index (χ2v) is 5.83. The fourth-order valence-electron chi connectivity index (χ4n) is 2.30. The molecule has 0 amide bonds. The molecule has 2 aromatic rings. The number of halogens is 2. The summed E-state index contributed by atoms with van der Waals surface area (Å²) in [6.45, 7) is 0.758. The molecule has 0 bridgehead atoms. The Morgan fingerprint density at radius 2 is 2.24 bits per heavy atom. The van der Waals surface area contributed by atoms with Crippen LogP contribution < -0.4 is 5.32 Å². The van der Waals surface area contributed by atoms with Crippen LogP contribution in [0.4, 0.5) is 0 Å². The lowest BCUT2D eigenvalue weighted by molar-refractivity contribution is 0.524. The Labute approximate surface area is 113 Å². The molecule has 90 valence electrons. The van der Waals surface area contributed by atoms with E-state index in [-0.39, 0.29) is 0 Å². The minimum atomic E-state index is 0.657. The predicted octanol–water partition coefficient (Wildman–Crippen LogP) is 4.45. The molecular weight excluding hydrogens is 302 g/mol. The highest BCUT2D eigenvalue weighted by molar-refractivity contribution is 9.10. The van der Waals surface area contributed by atoms with Crippen molar-refractivity contribution in [2.24, 2.45) is 0 Å². The first-order valence-electron chi connectivity index (χ1n) is 5.75. The number of fused-ring (bicyclic) bond motifs is 1. The molecule has 1 saturated carbocycles. The lowest BCUT2D eigenvalue weighted by Gasteiger charge is -2.00. The van der Waals surface area contributed by atoms with E-state index in [1.54, 1.807) is 0 Å². The van der Waals surface area contributed by atoms with E-state index >= 15 is 0 Å². The van der Waals surface area contributed by atoms with Crippen LogP contribution in [-0.4, -0.2) is 7.05 Å². The maximum atomic E-state index is 6.23. The van der Waals surface area contributed by atoms with Gasteiger partial charge in [0.15, 0.2) is 5.58 Å². The van der Waals surface area contributed by atoms with Crippen LogP contribution >= 0.6 is 27.5 Å². The number of hydrogen-bond donors (Lipinski definition) is 1. The van der Waals surface area contributed by atoms with Crippen molar-refractivity contribution in [3.63, 3.8) is 0 Å². The van der Waals surface area contributed by atoms with Crippen LogP contribution in [0.15, 0.2) is 21.0 Å². The summed E-state index contributed by atoms with van der Waals surface area (Å²) in [6.07, 6.45) is 2.52. The smallest absolute Gasteiger partial charge is 0.153 e. The van der Waals surface area contributed by atoms with Crippen molar-refractivity contribution in [2.75, 3.05) is 7.05 Å². The highest BCUT2D eigenvalue weighted by Crippen LogP contribution is 2.47. The molecule has 4 heteroatoms. The average molecular weight is 315 g/mol. The zero-order valence-electron chi connectivity index (χ0n) is 9.52. The first kappa shape index (κ1) is 11.6. The van der Waals surface area contributed by atoms with Gasteiger partial charge in [0, 0.05) is 15.4 Å². The normalized spacial score (nSPS) is 15.7.